The van der Waals surface area contributed by atoms with Crippen LogP contribution in [0.5, 0.6) is 5.75 Å². The number of phenolic OH excluding ortho intramolecular Hbond substituents is 1. The molecule has 0 bridgehead atoms. The minimum Gasteiger partial charge on any atom is -0.504 e. The summed E-state index contributed by atoms with van der Waals surface area (Å²) in [5, 5.41) is 15.3. The molecule has 1 aliphatic carbocycles. The molecule has 0 radical (unpaired) electrons. The average Bonchev–Trinajstić information content (AvgIpc) is 3.11. The summed E-state index contributed by atoms with van der Waals surface area (Å²) in [5.41, 5.74) is 5.58. The number of hydrogen-bond acceptors (Lipinski definition) is 6. The molecule has 2 aliphatic rings. The van der Waals surface area contributed by atoms with E-state index in [4.69, 9.17) is 17.3 Å². The van der Waals surface area contributed by atoms with E-state index in [1.807, 2.05) is 0 Å². The van der Waals surface area contributed by atoms with Crippen LogP contribution in [0.3, 0.4) is 0 Å². The molecule has 9 nitrogen and oxygen atoms in total. The Morgan fingerprint density at radius 2 is 1.93 bits per heavy atom. The maximum atomic E-state index is 12.9. The standard InChI is InChI=1S/C16H24ClN5O4S/c17-12-5-6-13(22(16(18)24)11-3-1-2-4-11)14(23)15(12)27(25,26)20-21-9-7-19-8-10-21/h5-6,11,19-20,23H,1-4,7-10H2,(H2,18,24). The van der Waals surface area contributed by atoms with Crippen molar-refractivity contribution in [3.63, 3.8) is 0 Å². The number of phenols is 1. The highest BCUT2D eigenvalue weighted by Gasteiger charge is 2.33. The first kappa shape index (κ1) is 20.2. The zero-order valence-electron chi connectivity index (χ0n) is 14.8. The van der Waals surface area contributed by atoms with Crippen LogP contribution in [0.15, 0.2) is 17.0 Å². The third kappa shape index (κ3) is 4.30. The average molecular weight is 418 g/mol. The molecule has 1 aromatic carbocycles. The van der Waals surface area contributed by atoms with Crippen LogP contribution in [0.25, 0.3) is 0 Å². The largest absolute Gasteiger partial charge is 0.504 e. The predicted molar refractivity (Wildman–Crippen MR) is 102 cm³/mol. The first-order chi connectivity index (χ1) is 12.8. The third-order valence-electron chi connectivity index (χ3n) is 4.88. The van der Waals surface area contributed by atoms with Crippen molar-refractivity contribution in [2.24, 2.45) is 5.73 Å². The monoisotopic (exact) mass is 417 g/mol. The smallest absolute Gasteiger partial charge is 0.319 e. The van der Waals surface area contributed by atoms with Crippen LogP contribution < -0.4 is 20.8 Å². The third-order valence-corrected chi connectivity index (χ3v) is 6.76. The summed E-state index contributed by atoms with van der Waals surface area (Å²) in [6.07, 6.45) is 3.37. The van der Waals surface area contributed by atoms with Gasteiger partial charge in [0.05, 0.1) is 10.7 Å². The quantitative estimate of drug-likeness (QED) is 0.565. The van der Waals surface area contributed by atoms with Crippen LogP contribution in [-0.2, 0) is 10.0 Å². The number of carbonyl (C=O) groups is 1. The number of piperazine rings is 1. The summed E-state index contributed by atoms with van der Waals surface area (Å²) in [6.45, 7) is 2.23. The van der Waals surface area contributed by atoms with E-state index < -0.39 is 26.7 Å². The van der Waals surface area contributed by atoms with E-state index in [1.165, 1.54) is 22.0 Å². The van der Waals surface area contributed by atoms with Gasteiger partial charge in [-0.25, -0.2) is 18.2 Å². The minimum atomic E-state index is -4.14. The second kappa shape index (κ2) is 8.19. The molecule has 150 valence electrons. The highest BCUT2D eigenvalue weighted by molar-refractivity contribution is 7.89. The molecule has 0 spiro atoms. The molecule has 1 saturated heterocycles. The molecule has 1 heterocycles. The van der Waals surface area contributed by atoms with Crippen LogP contribution in [0.2, 0.25) is 5.02 Å². The first-order valence-electron chi connectivity index (χ1n) is 8.89. The van der Waals surface area contributed by atoms with Crippen LogP contribution in [0.1, 0.15) is 25.7 Å². The van der Waals surface area contributed by atoms with Crippen molar-refractivity contribution in [2.45, 2.75) is 36.6 Å². The van der Waals surface area contributed by atoms with E-state index in [0.29, 0.717) is 26.2 Å². The number of amides is 2. The number of sulfonamides is 1. The fraction of sp³-hybridized carbons (Fsp3) is 0.562. The van der Waals surface area contributed by atoms with Crippen molar-refractivity contribution in [3.05, 3.63) is 17.2 Å². The van der Waals surface area contributed by atoms with E-state index in [-0.39, 0.29) is 16.8 Å². The van der Waals surface area contributed by atoms with Gasteiger partial charge >= 0.3 is 6.03 Å². The van der Waals surface area contributed by atoms with Gasteiger partial charge in [0.15, 0.2) is 5.75 Å². The Morgan fingerprint density at radius 3 is 2.52 bits per heavy atom. The molecule has 0 atom stereocenters. The van der Waals surface area contributed by atoms with Gasteiger partial charge in [0, 0.05) is 32.2 Å². The maximum absolute atomic E-state index is 12.9. The number of nitrogens with one attached hydrogen (secondary N) is 2. The van der Waals surface area contributed by atoms with Crippen molar-refractivity contribution in [2.75, 3.05) is 31.1 Å². The van der Waals surface area contributed by atoms with Gasteiger partial charge in [-0.2, -0.15) is 0 Å². The number of nitrogens with two attached hydrogens (primary N) is 1. The van der Waals surface area contributed by atoms with Crippen molar-refractivity contribution < 1.29 is 18.3 Å². The fourth-order valence-electron chi connectivity index (χ4n) is 3.62. The van der Waals surface area contributed by atoms with Gasteiger partial charge < -0.3 is 16.2 Å². The number of urea groups is 1. The lowest BCUT2D eigenvalue weighted by Gasteiger charge is -2.30. The topological polar surface area (TPSA) is 128 Å². The summed E-state index contributed by atoms with van der Waals surface area (Å²) in [5.74, 6) is -0.573. The molecular weight excluding hydrogens is 394 g/mol. The number of carbonyl (C=O) groups excluding carboxylic acids is 1. The number of anilines is 1. The summed E-state index contributed by atoms with van der Waals surface area (Å²) in [6, 6.07) is 1.86. The van der Waals surface area contributed by atoms with E-state index in [1.54, 1.807) is 0 Å². The lowest BCUT2D eigenvalue weighted by atomic mass is 10.1. The summed E-state index contributed by atoms with van der Waals surface area (Å²) >= 11 is 6.10. The number of hydrazine groups is 1. The van der Waals surface area contributed by atoms with Gasteiger partial charge in [-0.3, -0.25) is 4.90 Å². The van der Waals surface area contributed by atoms with Gasteiger partial charge in [-0.1, -0.05) is 24.4 Å². The second-order valence-corrected chi connectivity index (χ2v) is 8.73. The Bertz CT molecular complexity index is 807. The Hall–Kier alpha value is -1.59. The zero-order valence-corrected chi connectivity index (χ0v) is 16.4. The molecule has 0 aromatic heterocycles. The predicted octanol–water partition coefficient (Wildman–Crippen LogP) is 0.972. The Morgan fingerprint density at radius 1 is 1.30 bits per heavy atom. The highest BCUT2D eigenvalue weighted by Crippen LogP contribution is 2.41. The van der Waals surface area contributed by atoms with Crippen molar-refractivity contribution in [1.82, 2.24) is 15.2 Å². The van der Waals surface area contributed by atoms with Crippen molar-refractivity contribution >= 4 is 33.3 Å². The van der Waals surface area contributed by atoms with Gasteiger partial charge in [0.25, 0.3) is 10.0 Å². The van der Waals surface area contributed by atoms with Gasteiger partial charge in [0.1, 0.15) is 4.90 Å². The minimum absolute atomic E-state index is 0.0551. The molecule has 1 aliphatic heterocycles. The van der Waals surface area contributed by atoms with Gasteiger partial charge in [-0.15, -0.1) is 4.83 Å². The fourth-order valence-corrected chi connectivity index (χ4v) is 5.37. The summed E-state index contributed by atoms with van der Waals surface area (Å²) in [4.78, 5) is 15.3. The Balaban J connectivity index is 1.98. The number of rotatable bonds is 5. The van der Waals surface area contributed by atoms with Gasteiger partial charge in [-0.05, 0) is 25.0 Å². The number of halogens is 1. The molecule has 2 amide bonds. The molecule has 11 heteroatoms. The van der Waals surface area contributed by atoms with Crippen LogP contribution >= 0.6 is 11.6 Å². The lowest BCUT2D eigenvalue weighted by Crippen LogP contribution is -2.52. The van der Waals surface area contributed by atoms with Crippen LogP contribution in [0.4, 0.5) is 10.5 Å². The molecule has 27 heavy (non-hydrogen) atoms. The molecule has 1 saturated carbocycles. The normalized spacial score (nSPS) is 19.3. The zero-order chi connectivity index (χ0) is 19.6. The molecular formula is C16H24ClN5O4S. The van der Waals surface area contributed by atoms with E-state index in [0.717, 1.165) is 25.7 Å². The number of aromatic hydroxyl groups is 1. The summed E-state index contributed by atoms with van der Waals surface area (Å²) < 4.78 is 25.7. The summed E-state index contributed by atoms with van der Waals surface area (Å²) in [7, 11) is -4.14. The van der Waals surface area contributed by atoms with E-state index >= 15 is 0 Å². The number of nitrogens with zero attached hydrogens (tertiary/aromatic N) is 2. The maximum Gasteiger partial charge on any atom is 0.319 e. The van der Waals surface area contributed by atoms with Gasteiger partial charge in [0.2, 0.25) is 0 Å². The Labute approximate surface area is 163 Å². The lowest BCUT2D eigenvalue weighted by molar-refractivity contribution is 0.211. The van der Waals surface area contributed by atoms with E-state index in [2.05, 4.69) is 10.1 Å². The molecule has 3 rings (SSSR count). The first-order valence-corrected chi connectivity index (χ1v) is 10.8. The molecule has 0 unspecified atom stereocenters. The van der Waals surface area contributed by atoms with Crippen LogP contribution in [-0.4, -0.2) is 56.8 Å². The number of hydrogen-bond donors (Lipinski definition) is 4. The molecule has 5 N–H and O–H groups in total. The van der Waals surface area contributed by atoms with E-state index in [9.17, 15) is 18.3 Å². The molecule has 1 aromatic rings. The number of benzene rings is 1. The van der Waals surface area contributed by atoms with Crippen molar-refractivity contribution in [3.8, 4) is 5.75 Å². The Kier molecular flexibility index (Phi) is 6.11. The second-order valence-electron chi connectivity index (χ2n) is 6.72. The van der Waals surface area contributed by atoms with Crippen molar-refractivity contribution in [1.29, 1.82) is 0 Å². The number of primary amides is 1. The highest BCUT2D eigenvalue weighted by atomic mass is 35.5. The SMILES string of the molecule is NC(=O)N(c1ccc(Cl)c(S(=O)(=O)NN2CCNCC2)c1O)C1CCCC1. The van der Waals surface area contributed by atoms with Crippen LogP contribution in [0, 0.1) is 0 Å². The molecule has 2 fully saturated rings.